The zero-order chi connectivity index (χ0) is 29.2. The second-order valence-corrected chi connectivity index (χ2v) is 10.5. The smallest absolute Gasteiger partial charge is 0.224 e. The fourth-order valence-electron chi connectivity index (χ4n) is 4.46. The number of nitrogens with two attached hydrogens (primary N) is 1. The van der Waals surface area contributed by atoms with E-state index in [0.29, 0.717) is 25.4 Å². The SMILES string of the molecule is Cc1ccc(CNC(=O)Cc2ccc3oc(Cc4c(C)noc4C)cc3c2)c(C)c1.NC1CNC1.c1ccccc1. The first-order valence-electron chi connectivity index (χ1n) is 14.0. The maximum absolute atomic E-state index is 12.4. The molecule has 7 nitrogen and oxygen atoms in total. The number of rotatable bonds is 6. The zero-order valence-corrected chi connectivity index (χ0v) is 24.4. The first kappa shape index (κ1) is 29.8. The van der Waals surface area contributed by atoms with Crippen LogP contribution in [-0.4, -0.2) is 30.2 Å². The molecule has 2 aromatic heterocycles. The summed E-state index contributed by atoms with van der Waals surface area (Å²) in [5.74, 6) is 1.68. The number of nitrogens with one attached hydrogen (secondary N) is 2. The lowest BCUT2D eigenvalue weighted by atomic mass is 10.1. The lowest BCUT2D eigenvalue weighted by molar-refractivity contribution is -0.120. The largest absolute Gasteiger partial charge is 0.461 e. The number of carbonyl (C=O) groups is 1. The van der Waals surface area contributed by atoms with Gasteiger partial charge in [-0.3, -0.25) is 4.79 Å². The number of amides is 1. The number of aryl methyl sites for hydroxylation is 4. The molecular weight excluding hydrogens is 512 g/mol. The molecule has 0 bridgehead atoms. The van der Waals surface area contributed by atoms with Gasteiger partial charge in [-0.1, -0.05) is 71.4 Å². The van der Waals surface area contributed by atoms with E-state index in [2.05, 4.69) is 47.8 Å². The van der Waals surface area contributed by atoms with Gasteiger partial charge >= 0.3 is 0 Å². The van der Waals surface area contributed by atoms with Crippen LogP contribution in [0.2, 0.25) is 0 Å². The predicted octanol–water partition coefficient (Wildman–Crippen LogP) is 5.71. The summed E-state index contributed by atoms with van der Waals surface area (Å²) in [6, 6.07) is 26.7. The highest BCUT2D eigenvalue weighted by atomic mass is 16.5. The predicted molar refractivity (Wildman–Crippen MR) is 164 cm³/mol. The van der Waals surface area contributed by atoms with Crippen molar-refractivity contribution >= 4 is 16.9 Å². The Labute approximate surface area is 242 Å². The molecule has 0 atom stereocenters. The molecule has 6 rings (SSSR count). The van der Waals surface area contributed by atoms with Gasteiger partial charge in [-0.25, -0.2) is 0 Å². The van der Waals surface area contributed by atoms with Crippen LogP contribution in [0.3, 0.4) is 0 Å². The van der Waals surface area contributed by atoms with E-state index in [1.165, 1.54) is 11.1 Å². The van der Waals surface area contributed by atoms with Crippen LogP contribution >= 0.6 is 0 Å². The van der Waals surface area contributed by atoms with Crippen LogP contribution in [0.25, 0.3) is 11.0 Å². The third-order valence-electron chi connectivity index (χ3n) is 6.98. The topological polar surface area (TPSA) is 106 Å². The average molecular weight is 553 g/mol. The highest BCUT2D eigenvalue weighted by Gasteiger charge is 2.14. The summed E-state index contributed by atoms with van der Waals surface area (Å²) in [5, 5.41) is 11.1. The van der Waals surface area contributed by atoms with Gasteiger partial charge in [0.15, 0.2) is 0 Å². The summed E-state index contributed by atoms with van der Waals surface area (Å²) in [6.07, 6.45) is 0.979. The van der Waals surface area contributed by atoms with E-state index in [-0.39, 0.29) is 5.91 Å². The molecule has 1 fully saturated rings. The number of nitrogens with zero attached hydrogens (tertiary/aromatic N) is 1. The van der Waals surface area contributed by atoms with E-state index in [4.69, 9.17) is 14.7 Å². The summed E-state index contributed by atoms with van der Waals surface area (Å²) >= 11 is 0. The molecule has 3 aromatic carbocycles. The van der Waals surface area contributed by atoms with E-state index >= 15 is 0 Å². The van der Waals surface area contributed by atoms with Gasteiger partial charge in [-0.05, 0) is 62.6 Å². The molecule has 214 valence electrons. The highest BCUT2D eigenvalue weighted by Crippen LogP contribution is 2.25. The van der Waals surface area contributed by atoms with E-state index in [0.717, 1.165) is 58.0 Å². The Morgan fingerprint density at radius 1 is 0.976 bits per heavy atom. The molecule has 0 unspecified atom stereocenters. The minimum absolute atomic E-state index is 0.00812. The monoisotopic (exact) mass is 552 g/mol. The molecule has 0 spiro atoms. The normalized spacial score (nSPS) is 12.5. The third-order valence-corrected chi connectivity index (χ3v) is 6.98. The van der Waals surface area contributed by atoms with Crippen molar-refractivity contribution in [3.8, 4) is 0 Å². The van der Waals surface area contributed by atoms with Gasteiger partial charge in [0.1, 0.15) is 17.1 Å². The number of carbonyl (C=O) groups excluding carboxylic acids is 1. The van der Waals surface area contributed by atoms with Crippen molar-refractivity contribution in [3.05, 3.63) is 124 Å². The molecule has 0 aliphatic carbocycles. The van der Waals surface area contributed by atoms with Gasteiger partial charge in [-0.2, -0.15) is 0 Å². The van der Waals surface area contributed by atoms with Crippen molar-refractivity contribution < 1.29 is 13.7 Å². The maximum atomic E-state index is 12.4. The summed E-state index contributed by atoms with van der Waals surface area (Å²) in [4.78, 5) is 12.4. The first-order chi connectivity index (χ1) is 19.8. The molecule has 0 saturated carbocycles. The summed E-state index contributed by atoms with van der Waals surface area (Å²) < 4.78 is 11.2. The molecule has 0 radical (unpaired) electrons. The summed E-state index contributed by atoms with van der Waals surface area (Å²) in [7, 11) is 0. The second kappa shape index (κ2) is 14.4. The van der Waals surface area contributed by atoms with Crippen LogP contribution in [0, 0.1) is 27.7 Å². The van der Waals surface area contributed by atoms with Crippen molar-refractivity contribution in [1.29, 1.82) is 0 Å². The summed E-state index contributed by atoms with van der Waals surface area (Å²) in [6.45, 7) is 10.6. The number of hydrogen-bond acceptors (Lipinski definition) is 6. The maximum Gasteiger partial charge on any atom is 0.224 e. The van der Waals surface area contributed by atoms with Crippen molar-refractivity contribution in [2.24, 2.45) is 5.73 Å². The van der Waals surface area contributed by atoms with Gasteiger partial charge in [0.2, 0.25) is 5.91 Å². The highest BCUT2D eigenvalue weighted by molar-refractivity contribution is 5.83. The third kappa shape index (κ3) is 8.90. The van der Waals surface area contributed by atoms with Gasteiger partial charge in [0.25, 0.3) is 0 Å². The fourth-order valence-corrected chi connectivity index (χ4v) is 4.46. The van der Waals surface area contributed by atoms with E-state index in [9.17, 15) is 4.79 Å². The van der Waals surface area contributed by atoms with Crippen LogP contribution in [0.15, 0.2) is 87.8 Å². The summed E-state index contributed by atoms with van der Waals surface area (Å²) in [5.41, 5.74) is 12.6. The van der Waals surface area contributed by atoms with E-state index < -0.39 is 0 Å². The molecule has 7 heteroatoms. The van der Waals surface area contributed by atoms with Crippen molar-refractivity contribution in [2.75, 3.05) is 13.1 Å². The number of furan rings is 1. The van der Waals surface area contributed by atoms with Crippen LogP contribution in [0.4, 0.5) is 0 Å². The lowest BCUT2D eigenvalue weighted by Gasteiger charge is -2.21. The Morgan fingerprint density at radius 2 is 1.66 bits per heavy atom. The average Bonchev–Trinajstić information content (AvgIpc) is 3.50. The van der Waals surface area contributed by atoms with Crippen LogP contribution < -0.4 is 16.4 Å². The molecule has 1 aliphatic heterocycles. The molecule has 5 aromatic rings. The number of benzene rings is 3. The fraction of sp³-hybridized carbons (Fsp3) is 0.294. The van der Waals surface area contributed by atoms with Crippen LogP contribution in [0.5, 0.6) is 0 Å². The Bertz CT molecular complexity index is 1510. The Morgan fingerprint density at radius 3 is 2.22 bits per heavy atom. The van der Waals surface area contributed by atoms with Gasteiger partial charge < -0.3 is 25.3 Å². The molecule has 1 amide bonds. The first-order valence-corrected chi connectivity index (χ1v) is 14.0. The zero-order valence-electron chi connectivity index (χ0n) is 24.4. The molecular formula is C34H40N4O3. The number of fused-ring (bicyclic) bond motifs is 1. The Hall–Kier alpha value is -4.20. The van der Waals surface area contributed by atoms with Crippen molar-refractivity contribution in [3.63, 3.8) is 0 Å². The quantitative estimate of drug-likeness (QED) is 0.249. The molecule has 41 heavy (non-hydrogen) atoms. The molecule has 1 aliphatic rings. The molecule has 1 saturated heterocycles. The van der Waals surface area contributed by atoms with Crippen molar-refractivity contribution in [1.82, 2.24) is 15.8 Å². The molecule has 4 N–H and O–H groups in total. The van der Waals surface area contributed by atoms with Gasteiger partial charge in [-0.15, -0.1) is 0 Å². The van der Waals surface area contributed by atoms with E-state index in [1.807, 2.05) is 74.5 Å². The Kier molecular flexibility index (Phi) is 10.5. The van der Waals surface area contributed by atoms with Crippen LogP contribution in [-0.2, 0) is 24.2 Å². The number of aromatic nitrogens is 1. The second-order valence-electron chi connectivity index (χ2n) is 10.5. The number of hydrogen-bond donors (Lipinski definition) is 3. The lowest BCUT2D eigenvalue weighted by Crippen LogP contribution is -2.52. The minimum Gasteiger partial charge on any atom is -0.461 e. The Balaban J connectivity index is 0.000000291. The van der Waals surface area contributed by atoms with E-state index in [1.54, 1.807) is 0 Å². The van der Waals surface area contributed by atoms with Gasteiger partial charge in [0, 0.05) is 43.0 Å². The molecule has 3 heterocycles. The van der Waals surface area contributed by atoms with Gasteiger partial charge in [0.05, 0.1) is 12.1 Å². The standard InChI is InChI=1S/C25H26N2O3.C6H6.C3H8N2/c1-15-5-7-20(16(2)9-15)14-26-25(28)11-19-6-8-24-21(10-19)12-22(29-24)13-23-17(3)27-30-18(23)4;1-2-4-6-5-3-1;4-3-1-5-2-3/h5-10,12H,11,13-14H2,1-4H3,(H,26,28);1-6H;3,5H,1-2,4H2. The minimum atomic E-state index is 0.00812. The van der Waals surface area contributed by atoms with Crippen LogP contribution in [0.1, 0.15) is 45.0 Å². The van der Waals surface area contributed by atoms with Crippen molar-refractivity contribution in [2.45, 2.75) is 53.1 Å².